The molecule has 1 aliphatic rings. The molecule has 1 N–H and O–H groups in total. The van der Waals surface area contributed by atoms with Crippen LogP contribution < -0.4 is 5.32 Å². The largest absolute Gasteiger partial charge is 0.382 e. The average Bonchev–Trinajstić information content (AvgIpc) is 3.32. The molecule has 0 saturated heterocycles. The van der Waals surface area contributed by atoms with Gasteiger partial charge in [0.25, 0.3) is 5.91 Å². The summed E-state index contributed by atoms with van der Waals surface area (Å²) in [5.74, 6) is -0.464. The first-order valence-electron chi connectivity index (χ1n) is 9.06. The van der Waals surface area contributed by atoms with E-state index in [0.717, 1.165) is 5.56 Å². The van der Waals surface area contributed by atoms with Gasteiger partial charge in [-0.15, -0.1) is 0 Å². The van der Waals surface area contributed by atoms with Crippen molar-refractivity contribution in [1.29, 1.82) is 0 Å². The van der Waals surface area contributed by atoms with Crippen LogP contribution in [0, 0.1) is 12.7 Å². The zero-order chi connectivity index (χ0) is 20.4. The summed E-state index contributed by atoms with van der Waals surface area (Å²) in [4.78, 5) is 17.8. The van der Waals surface area contributed by atoms with Crippen molar-refractivity contribution in [1.82, 2.24) is 9.78 Å². The van der Waals surface area contributed by atoms with Gasteiger partial charge in [-0.2, -0.15) is 5.10 Å². The van der Waals surface area contributed by atoms with E-state index in [9.17, 15) is 9.18 Å². The number of hydrogen-bond donors (Lipinski definition) is 1. The second-order valence-electron chi connectivity index (χ2n) is 6.84. The maximum atomic E-state index is 13.1. The Bertz CT molecular complexity index is 1060. The molecular weight excluding hydrogens is 395 g/mol. The highest BCUT2D eigenvalue weighted by atomic mass is 35.5. The van der Waals surface area contributed by atoms with Gasteiger partial charge < -0.3 is 10.2 Å². The van der Waals surface area contributed by atoms with Gasteiger partial charge in [0.1, 0.15) is 10.8 Å². The SMILES string of the molecule is Cc1ccc(Cn2cc(Cl)c(NC(=O)C3CC(c4ccc(F)cc4)=NO3)n2)cc1. The summed E-state index contributed by atoms with van der Waals surface area (Å²) < 4.78 is 14.7. The van der Waals surface area contributed by atoms with Crippen LogP contribution in [0.1, 0.15) is 23.1 Å². The van der Waals surface area contributed by atoms with Crippen LogP contribution >= 0.6 is 11.6 Å². The molecule has 29 heavy (non-hydrogen) atoms. The lowest BCUT2D eigenvalue weighted by molar-refractivity contribution is -0.125. The molecular formula is C21H18ClFN4O2. The molecule has 1 aliphatic heterocycles. The summed E-state index contributed by atoms with van der Waals surface area (Å²) in [5, 5.41) is 11.3. The van der Waals surface area contributed by atoms with E-state index in [0.29, 0.717) is 22.8 Å². The first-order chi connectivity index (χ1) is 14.0. The van der Waals surface area contributed by atoms with Crippen molar-refractivity contribution in [2.24, 2.45) is 5.16 Å². The van der Waals surface area contributed by atoms with Crippen LogP contribution in [-0.2, 0) is 16.2 Å². The van der Waals surface area contributed by atoms with Crippen LogP contribution in [-0.4, -0.2) is 27.5 Å². The van der Waals surface area contributed by atoms with Crippen LogP contribution in [0.25, 0.3) is 0 Å². The monoisotopic (exact) mass is 412 g/mol. The lowest BCUT2D eigenvalue weighted by atomic mass is 10.0. The fourth-order valence-corrected chi connectivity index (χ4v) is 3.17. The molecule has 0 spiro atoms. The summed E-state index contributed by atoms with van der Waals surface area (Å²) in [6.45, 7) is 2.56. The van der Waals surface area contributed by atoms with E-state index in [-0.39, 0.29) is 18.1 Å². The number of carbonyl (C=O) groups is 1. The maximum absolute atomic E-state index is 13.1. The van der Waals surface area contributed by atoms with Crippen molar-refractivity contribution in [2.75, 3.05) is 5.32 Å². The number of nitrogens with zero attached hydrogens (tertiary/aromatic N) is 3. The third-order valence-corrected chi connectivity index (χ3v) is 4.84. The lowest BCUT2D eigenvalue weighted by Crippen LogP contribution is -2.28. The van der Waals surface area contributed by atoms with Crippen LogP contribution in [0.3, 0.4) is 0 Å². The number of benzene rings is 2. The Hall–Kier alpha value is -3.19. The van der Waals surface area contributed by atoms with Gasteiger partial charge in [-0.3, -0.25) is 9.48 Å². The number of hydrogen-bond acceptors (Lipinski definition) is 4. The third kappa shape index (κ3) is 4.46. The number of amides is 1. The minimum absolute atomic E-state index is 0.266. The van der Waals surface area contributed by atoms with Gasteiger partial charge in [-0.1, -0.05) is 58.7 Å². The fraction of sp³-hybridized carbons (Fsp3) is 0.190. The van der Waals surface area contributed by atoms with Gasteiger partial charge in [0.2, 0.25) is 6.10 Å². The molecule has 0 radical (unpaired) electrons. The molecule has 0 aliphatic carbocycles. The van der Waals surface area contributed by atoms with E-state index in [4.69, 9.17) is 16.4 Å². The Labute approximate surface area is 171 Å². The molecule has 2 aromatic carbocycles. The molecule has 6 nitrogen and oxygen atoms in total. The highest BCUT2D eigenvalue weighted by molar-refractivity contribution is 6.33. The van der Waals surface area contributed by atoms with E-state index >= 15 is 0 Å². The predicted octanol–water partition coefficient (Wildman–Crippen LogP) is 4.16. The van der Waals surface area contributed by atoms with Crippen LogP contribution in [0.15, 0.2) is 59.9 Å². The van der Waals surface area contributed by atoms with Crippen molar-refractivity contribution >= 4 is 29.0 Å². The molecule has 148 valence electrons. The summed E-state index contributed by atoms with van der Waals surface area (Å²) in [5.41, 5.74) is 3.55. The topological polar surface area (TPSA) is 68.5 Å². The number of anilines is 1. The van der Waals surface area contributed by atoms with E-state index in [1.54, 1.807) is 23.0 Å². The molecule has 8 heteroatoms. The molecule has 0 bridgehead atoms. The standard InChI is InChI=1S/C21H18ClFN4O2/c1-13-2-4-14(5-3-13)11-27-12-17(22)20(25-27)24-21(28)19-10-18(26-29-19)15-6-8-16(23)9-7-15/h2-9,12,19H,10-11H2,1H3,(H,24,25,28). The molecule has 1 atom stereocenters. The summed E-state index contributed by atoms with van der Waals surface area (Å²) in [6.07, 6.45) is 1.14. The smallest absolute Gasteiger partial charge is 0.269 e. The number of nitrogens with one attached hydrogen (secondary N) is 1. The molecule has 3 aromatic rings. The van der Waals surface area contributed by atoms with Crippen molar-refractivity contribution in [2.45, 2.75) is 26.0 Å². The number of halogens is 2. The normalized spacial score (nSPS) is 15.7. The van der Waals surface area contributed by atoms with Crippen molar-refractivity contribution in [3.05, 3.63) is 82.3 Å². The molecule has 1 unspecified atom stereocenters. The van der Waals surface area contributed by atoms with Gasteiger partial charge in [-0.25, -0.2) is 4.39 Å². The van der Waals surface area contributed by atoms with Crippen LogP contribution in [0.4, 0.5) is 10.2 Å². The van der Waals surface area contributed by atoms with Crippen molar-refractivity contribution in [3.63, 3.8) is 0 Å². The molecule has 2 heterocycles. The molecule has 0 fully saturated rings. The van der Waals surface area contributed by atoms with Gasteiger partial charge in [-0.05, 0) is 30.2 Å². The summed E-state index contributed by atoms with van der Waals surface area (Å²) >= 11 is 6.22. The second-order valence-corrected chi connectivity index (χ2v) is 7.25. The lowest BCUT2D eigenvalue weighted by Gasteiger charge is -2.08. The fourth-order valence-electron chi connectivity index (χ4n) is 2.97. The Morgan fingerprint density at radius 2 is 1.97 bits per heavy atom. The molecule has 1 aromatic heterocycles. The average molecular weight is 413 g/mol. The van der Waals surface area contributed by atoms with Crippen molar-refractivity contribution < 1.29 is 14.0 Å². The first-order valence-corrected chi connectivity index (χ1v) is 9.44. The Balaban J connectivity index is 1.38. The highest BCUT2D eigenvalue weighted by Gasteiger charge is 2.30. The minimum atomic E-state index is -0.798. The Morgan fingerprint density at radius 1 is 1.24 bits per heavy atom. The van der Waals surface area contributed by atoms with E-state index in [1.807, 2.05) is 31.2 Å². The van der Waals surface area contributed by atoms with Gasteiger partial charge in [0, 0.05) is 12.6 Å². The van der Waals surface area contributed by atoms with Gasteiger partial charge >= 0.3 is 0 Å². The first kappa shape index (κ1) is 19.1. The van der Waals surface area contributed by atoms with E-state index < -0.39 is 12.0 Å². The Kier molecular flexibility index (Phi) is 5.31. The number of rotatable bonds is 5. The van der Waals surface area contributed by atoms with E-state index in [1.165, 1.54) is 17.7 Å². The number of oxime groups is 1. The third-order valence-electron chi connectivity index (χ3n) is 4.56. The number of carbonyl (C=O) groups excluding carboxylic acids is 1. The zero-order valence-electron chi connectivity index (χ0n) is 15.6. The molecule has 1 amide bonds. The highest BCUT2D eigenvalue weighted by Crippen LogP contribution is 2.23. The number of aromatic nitrogens is 2. The summed E-state index contributed by atoms with van der Waals surface area (Å²) in [7, 11) is 0. The summed E-state index contributed by atoms with van der Waals surface area (Å²) in [6, 6.07) is 14.0. The molecule has 0 saturated carbocycles. The maximum Gasteiger partial charge on any atom is 0.269 e. The van der Waals surface area contributed by atoms with Crippen LogP contribution in [0.2, 0.25) is 5.02 Å². The molecule has 4 rings (SSSR count). The van der Waals surface area contributed by atoms with Gasteiger partial charge in [0.15, 0.2) is 5.82 Å². The van der Waals surface area contributed by atoms with E-state index in [2.05, 4.69) is 15.6 Å². The number of aryl methyl sites for hydroxylation is 1. The van der Waals surface area contributed by atoms with Crippen LogP contribution in [0.5, 0.6) is 0 Å². The Morgan fingerprint density at radius 3 is 2.69 bits per heavy atom. The zero-order valence-corrected chi connectivity index (χ0v) is 16.4. The quantitative estimate of drug-likeness (QED) is 0.684. The van der Waals surface area contributed by atoms with Gasteiger partial charge in [0.05, 0.1) is 12.3 Å². The minimum Gasteiger partial charge on any atom is -0.382 e. The predicted molar refractivity (Wildman–Crippen MR) is 109 cm³/mol. The van der Waals surface area contributed by atoms with Crippen molar-refractivity contribution in [3.8, 4) is 0 Å². The second kappa shape index (κ2) is 8.05.